The molecule has 1 aliphatic heterocycles. The zero-order valence-corrected chi connectivity index (χ0v) is 34.4. The highest BCUT2D eigenvalue weighted by Crippen LogP contribution is 2.42. The molecule has 0 radical (unpaired) electrons. The summed E-state index contributed by atoms with van der Waals surface area (Å²) in [6.07, 6.45) is 4.57. The summed E-state index contributed by atoms with van der Waals surface area (Å²) in [4.78, 5) is 13.8. The van der Waals surface area contributed by atoms with E-state index < -0.39 is 14.0 Å². The van der Waals surface area contributed by atoms with E-state index in [1.807, 2.05) is 52.4 Å². The highest BCUT2D eigenvalue weighted by Gasteiger charge is 2.29. The monoisotopic (exact) mass is 787 g/mol. The number of aromatic nitrogens is 5. The molecule has 6 aromatic rings. The third-order valence-electron chi connectivity index (χ3n) is 10.1. The van der Waals surface area contributed by atoms with E-state index in [1.165, 1.54) is 13.2 Å². The summed E-state index contributed by atoms with van der Waals surface area (Å²) in [7, 11) is 3.94. The Morgan fingerprint density at radius 1 is 1.02 bits per heavy atom. The Labute approximate surface area is 325 Å². The number of fused-ring (bicyclic) bond motifs is 8. The topological polar surface area (TPSA) is 85.3 Å². The molecule has 4 heterocycles. The van der Waals surface area contributed by atoms with Gasteiger partial charge < -0.3 is 18.8 Å². The van der Waals surface area contributed by atoms with Crippen molar-refractivity contribution in [2.75, 3.05) is 20.3 Å². The molecule has 0 saturated carbocycles. The predicted octanol–water partition coefficient (Wildman–Crippen LogP) is 9.36. The van der Waals surface area contributed by atoms with Gasteiger partial charge in [-0.1, -0.05) is 43.4 Å². The summed E-state index contributed by atoms with van der Waals surface area (Å²) in [6.45, 7) is 8.07. The molecule has 13 heteroatoms. The summed E-state index contributed by atoms with van der Waals surface area (Å²) in [5.41, 5.74) is 8.00. The highest BCUT2D eigenvalue weighted by atomic mass is 35.5. The third kappa shape index (κ3) is 7.98. The average molecular weight is 788 g/mol. The van der Waals surface area contributed by atoms with E-state index >= 15 is 0 Å². The van der Waals surface area contributed by atoms with E-state index in [-0.39, 0.29) is 12.5 Å². The number of aryl methyl sites for hydroxylation is 5. The van der Waals surface area contributed by atoms with Gasteiger partial charge in [-0.3, -0.25) is 9.36 Å². The van der Waals surface area contributed by atoms with Crippen molar-refractivity contribution in [3.63, 3.8) is 0 Å². The van der Waals surface area contributed by atoms with Crippen molar-refractivity contribution >= 4 is 59.1 Å². The Balaban J connectivity index is 1.36. The summed E-state index contributed by atoms with van der Waals surface area (Å²) < 4.78 is 38.5. The van der Waals surface area contributed by atoms with Crippen LogP contribution in [0.5, 0.6) is 5.75 Å². The first kappa shape index (κ1) is 38.2. The molecule has 0 spiro atoms. The number of ether oxygens (including phenoxy) is 3. The second kappa shape index (κ2) is 15.9. The van der Waals surface area contributed by atoms with E-state index in [0.717, 1.165) is 79.9 Å². The van der Waals surface area contributed by atoms with Crippen LogP contribution in [0, 0.1) is 5.82 Å². The minimum Gasteiger partial charge on any atom is -0.493 e. The van der Waals surface area contributed by atoms with Crippen LogP contribution in [-0.2, 0) is 61.1 Å². The number of carbonyl (C=O) groups excluding carboxylic acids is 1. The van der Waals surface area contributed by atoms with Crippen molar-refractivity contribution in [3.05, 3.63) is 99.3 Å². The van der Waals surface area contributed by atoms with Crippen LogP contribution in [0.3, 0.4) is 0 Å². The number of methoxy groups -OCH3 is 1. The van der Waals surface area contributed by atoms with Crippen LogP contribution in [-0.4, -0.2) is 58.5 Å². The van der Waals surface area contributed by atoms with Crippen molar-refractivity contribution < 1.29 is 23.4 Å². The molecule has 0 atom stereocenters. The van der Waals surface area contributed by atoms with Crippen LogP contribution < -0.4 is 4.74 Å². The Morgan fingerprint density at radius 3 is 2.63 bits per heavy atom. The smallest absolute Gasteiger partial charge is 0.355 e. The van der Waals surface area contributed by atoms with Crippen LogP contribution in [0.4, 0.5) is 4.39 Å². The number of esters is 1. The van der Waals surface area contributed by atoms with Gasteiger partial charge in [-0.15, -0.1) is 0 Å². The maximum atomic E-state index is 14.4. The zero-order chi connectivity index (χ0) is 38.1. The zero-order valence-electron chi connectivity index (χ0n) is 31.8. The van der Waals surface area contributed by atoms with Crippen molar-refractivity contribution in [1.82, 2.24) is 24.1 Å². The molecule has 0 unspecified atom stereocenters. The number of hydrogen-bond acceptors (Lipinski definition) is 7. The predicted molar refractivity (Wildman–Crippen MR) is 218 cm³/mol. The maximum Gasteiger partial charge on any atom is 0.355 e. The molecule has 0 saturated heterocycles. The van der Waals surface area contributed by atoms with E-state index in [4.69, 9.17) is 36.0 Å². The lowest BCUT2D eigenvalue weighted by Gasteiger charge is -2.18. The minimum absolute atomic E-state index is 0.161. The number of carbonyl (C=O) groups is 1. The number of thioether (sulfide) groups is 1. The Kier molecular flexibility index (Phi) is 11.3. The van der Waals surface area contributed by atoms with Gasteiger partial charge in [-0.2, -0.15) is 22.0 Å². The number of benzene rings is 3. The first-order valence-electron chi connectivity index (χ1n) is 18.4. The number of rotatable bonds is 6. The SMILES string of the molecule is COC(=O)c1c2c3ccc(Cl)c(c3n1COCC[Si](C)(C)C)-c1c(cnn1C)CSCc1cc(n(C)n1)CCc1cc(c3ccc(F)cc3c1)OCCC2. The fourth-order valence-electron chi connectivity index (χ4n) is 7.35. The highest BCUT2D eigenvalue weighted by molar-refractivity contribution is 7.97. The van der Waals surface area contributed by atoms with Gasteiger partial charge in [-0.25, -0.2) is 9.18 Å². The van der Waals surface area contributed by atoms with Gasteiger partial charge in [0.2, 0.25) is 0 Å². The summed E-state index contributed by atoms with van der Waals surface area (Å²) in [5, 5.41) is 12.6. The van der Waals surface area contributed by atoms with Crippen LogP contribution in [0.15, 0.2) is 54.7 Å². The molecule has 284 valence electrons. The largest absolute Gasteiger partial charge is 0.493 e. The molecule has 8 bridgehead atoms. The molecule has 0 amide bonds. The standard InChI is InChI=1S/C41H47ClFN5O4SSi/c1-46-31-11-9-26-18-27-20-29(43)10-12-32(27)36(19-26)52-15-7-8-33-34-13-14-35(42)37(38-28(22-44-47(38)2)23-53-24-30(21-31)45-46)39(34)48(40(33)41(49)50-3)25-51-16-17-54(4,5)6/h10,12-14,18-22H,7-9,11,15-17,23-25H2,1-6H3. The average Bonchev–Trinajstić information content (AvgIpc) is 3.78. The van der Waals surface area contributed by atoms with Gasteiger partial charge in [0.05, 0.1) is 41.8 Å². The van der Waals surface area contributed by atoms with Crippen molar-refractivity contribution in [1.29, 1.82) is 0 Å². The number of hydrogen-bond donors (Lipinski definition) is 0. The van der Waals surface area contributed by atoms with Gasteiger partial charge in [0.25, 0.3) is 0 Å². The molecule has 3 aromatic carbocycles. The molecule has 3 aromatic heterocycles. The third-order valence-corrected chi connectivity index (χ3v) is 13.1. The fraction of sp³-hybridized carbons (Fsp3) is 0.390. The van der Waals surface area contributed by atoms with Crippen LogP contribution in [0.1, 0.15) is 45.0 Å². The van der Waals surface area contributed by atoms with Gasteiger partial charge >= 0.3 is 5.97 Å². The lowest BCUT2D eigenvalue weighted by Crippen LogP contribution is -2.22. The molecular formula is C41H47ClFN5O4SSi. The molecule has 7 rings (SSSR count). The van der Waals surface area contributed by atoms with Gasteiger partial charge in [0.1, 0.15) is 24.0 Å². The lowest BCUT2D eigenvalue weighted by atomic mass is 10.0. The van der Waals surface area contributed by atoms with Gasteiger partial charge in [-0.05, 0) is 84.6 Å². The summed E-state index contributed by atoms with van der Waals surface area (Å²) >= 11 is 8.93. The van der Waals surface area contributed by atoms with E-state index in [2.05, 4.69) is 31.8 Å². The summed E-state index contributed by atoms with van der Waals surface area (Å²) in [5.74, 6) is 1.37. The van der Waals surface area contributed by atoms with Gasteiger partial charge in [0, 0.05) is 67.9 Å². The molecule has 54 heavy (non-hydrogen) atoms. The lowest BCUT2D eigenvalue weighted by molar-refractivity contribution is 0.0544. The van der Waals surface area contributed by atoms with Gasteiger partial charge in [0.15, 0.2) is 0 Å². The maximum absolute atomic E-state index is 14.4. The molecule has 1 aliphatic rings. The Bertz CT molecular complexity index is 2350. The molecule has 9 nitrogen and oxygen atoms in total. The van der Waals surface area contributed by atoms with Crippen LogP contribution in [0.2, 0.25) is 30.7 Å². The first-order valence-corrected chi connectivity index (χ1v) is 23.6. The van der Waals surface area contributed by atoms with E-state index in [0.29, 0.717) is 54.0 Å². The van der Waals surface area contributed by atoms with Crippen LogP contribution >= 0.6 is 23.4 Å². The molecular weight excluding hydrogens is 741 g/mol. The van der Waals surface area contributed by atoms with Crippen molar-refractivity contribution in [2.45, 2.75) is 69.6 Å². The van der Waals surface area contributed by atoms with Crippen LogP contribution in [0.25, 0.3) is 32.9 Å². The summed E-state index contributed by atoms with van der Waals surface area (Å²) in [6, 6.07) is 16.0. The number of halogens is 2. The Morgan fingerprint density at radius 2 is 1.83 bits per heavy atom. The second-order valence-electron chi connectivity index (χ2n) is 15.2. The normalized spacial score (nSPS) is 14.2. The van der Waals surface area contributed by atoms with E-state index in [1.54, 1.807) is 23.9 Å². The fourth-order valence-corrected chi connectivity index (χ4v) is 9.23. The second-order valence-corrected chi connectivity index (χ2v) is 22.2. The molecule has 0 N–H and O–H groups in total. The van der Waals surface area contributed by atoms with Crippen molar-refractivity contribution in [3.8, 4) is 17.0 Å². The molecule has 0 aliphatic carbocycles. The number of nitrogens with zero attached hydrogens (tertiary/aromatic N) is 5. The minimum atomic E-state index is -1.37. The quantitative estimate of drug-likeness (QED) is 0.0945. The van der Waals surface area contributed by atoms with Crippen molar-refractivity contribution in [2.24, 2.45) is 14.1 Å². The molecule has 0 fully saturated rings. The Hall–Kier alpha value is -4.10. The first-order chi connectivity index (χ1) is 25.9. The van der Waals surface area contributed by atoms with E-state index in [9.17, 15) is 9.18 Å².